The summed E-state index contributed by atoms with van der Waals surface area (Å²) in [6, 6.07) is 100. The van der Waals surface area contributed by atoms with E-state index in [1.165, 1.54) is 77.9 Å². The Morgan fingerprint density at radius 1 is 0.243 bits per heavy atom. The molecule has 0 fully saturated rings. The maximum Gasteiger partial charge on any atom is 0.132 e. The summed E-state index contributed by atoms with van der Waals surface area (Å²) in [5.41, 5.74) is 21.7. The van der Waals surface area contributed by atoms with E-state index in [2.05, 4.69) is 278 Å². The number of fused-ring (bicyclic) bond motifs is 12. The van der Waals surface area contributed by atoms with Crippen LogP contribution in [0.5, 0.6) is 11.5 Å². The smallest absolute Gasteiger partial charge is 0.132 e. The van der Waals surface area contributed by atoms with Crippen molar-refractivity contribution >= 4 is 17.1 Å². The second kappa shape index (κ2) is 15.8. The predicted molar refractivity (Wildman–Crippen MR) is 287 cm³/mol. The molecule has 2 aliphatic carbocycles. The first-order valence-corrected chi connectivity index (χ1v) is 24.2. The van der Waals surface area contributed by atoms with Crippen molar-refractivity contribution in [3.63, 3.8) is 0 Å². The Balaban J connectivity index is 1.02. The van der Waals surface area contributed by atoms with Crippen LogP contribution in [0.2, 0.25) is 0 Å². The molecule has 1 aliphatic heterocycles. The second-order valence-corrected chi connectivity index (χ2v) is 18.7. The van der Waals surface area contributed by atoms with Crippen LogP contribution >= 0.6 is 0 Å². The van der Waals surface area contributed by atoms with E-state index in [1.807, 2.05) is 0 Å². The molecule has 70 heavy (non-hydrogen) atoms. The van der Waals surface area contributed by atoms with Crippen molar-refractivity contribution in [1.29, 1.82) is 0 Å². The molecule has 0 saturated heterocycles. The molecule has 1 heterocycles. The third-order valence-electron chi connectivity index (χ3n) is 15.2. The molecular formula is C68H45NO. The van der Waals surface area contributed by atoms with Crippen molar-refractivity contribution < 1.29 is 4.74 Å². The lowest BCUT2D eigenvalue weighted by molar-refractivity contribution is 0.436. The van der Waals surface area contributed by atoms with Crippen LogP contribution in [0.3, 0.4) is 0 Å². The predicted octanol–water partition coefficient (Wildman–Crippen LogP) is 17.3. The standard InChI is InChI=1S/C68H45NO/c1-5-19-46(20-6-1)48-33-36-52(37-34-48)69(53-39-42-60-58(44-53)55-27-13-14-28-59(55)68(60)61-29-15-17-31-65(61)70-66-32-18-16-30-62(66)68)54-38-41-57-56-40-35-49(47-21-7-2-8-22-47)43-63(56)67(64(57)45-54,50-23-9-3-10-24-50)51-25-11-4-12-26-51/h1-45H. The fourth-order valence-corrected chi connectivity index (χ4v) is 12.3. The Labute approximate surface area is 409 Å². The first-order chi connectivity index (χ1) is 34.7. The van der Waals surface area contributed by atoms with E-state index in [4.69, 9.17) is 4.74 Å². The van der Waals surface area contributed by atoms with Crippen molar-refractivity contribution in [1.82, 2.24) is 0 Å². The lowest BCUT2D eigenvalue weighted by atomic mass is 9.66. The Morgan fingerprint density at radius 3 is 1.29 bits per heavy atom. The average Bonchev–Trinajstić information content (AvgIpc) is 3.89. The molecule has 0 saturated carbocycles. The molecule has 0 amide bonds. The molecule has 328 valence electrons. The number of ether oxygens (including phenoxy) is 1. The van der Waals surface area contributed by atoms with Gasteiger partial charge in [-0.25, -0.2) is 0 Å². The molecule has 3 aliphatic rings. The highest BCUT2D eigenvalue weighted by Crippen LogP contribution is 2.63. The summed E-state index contributed by atoms with van der Waals surface area (Å²) in [6.07, 6.45) is 0. The molecule has 2 nitrogen and oxygen atoms in total. The van der Waals surface area contributed by atoms with Crippen LogP contribution in [-0.4, -0.2) is 0 Å². The van der Waals surface area contributed by atoms with Crippen LogP contribution in [0.4, 0.5) is 17.1 Å². The van der Waals surface area contributed by atoms with Crippen LogP contribution in [0.1, 0.15) is 44.5 Å². The lowest BCUT2D eigenvalue weighted by Crippen LogP contribution is -2.32. The Morgan fingerprint density at radius 2 is 0.657 bits per heavy atom. The SMILES string of the molecule is c1ccc(-c2ccc(N(c3ccc4c(c3)-c3ccccc3C43c4ccccc4Oc4ccccc43)c3ccc4c(c3)C(c3ccccc3)(c3ccccc3)c3cc(-c5ccccc5)ccc3-4)cc2)cc1. The van der Waals surface area contributed by atoms with E-state index in [0.717, 1.165) is 39.7 Å². The summed E-state index contributed by atoms with van der Waals surface area (Å²) >= 11 is 0. The van der Waals surface area contributed by atoms with Gasteiger partial charge in [-0.2, -0.15) is 0 Å². The van der Waals surface area contributed by atoms with E-state index in [-0.39, 0.29) is 0 Å². The highest BCUT2D eigenvalue weighted by molar-refractivity contribution is 5.94. The zero-order chi connectivity index (χ0) is 46.2. The summed E-state index contributed by atoms with van der Waals surface area (Å²) in [6.45, 7) is 0. The number of nitrogens with zero attached hydrogens (tertiary/aromatic N) is 1. The topological polar surface area (TPSA) is 12.5 Å². The number of hydrogen-bond donors (Lipinski definition) is 0. The van der Waals surface area contributed by atoms with Crippen LogP contribution in [-0.2, 0) is 10.8 Å². The van der Waals surface area contributed by atoms with Gasteiger partial charge in [0.2, 0.25) is 0 Å². The third-order valence-corrected chi connectivity index (χ3v) is 15.2. The molecule has 11 aromatic rings. The van der Waals surface area contributed by atoms with Gasteiger partial charge in [-0.05, 0) is 132 Å². The van der Waals surface area contributed by atoms with Crippen molar-refractivity contribution in [2.75, 3.05) is 4.90 Å². The number of para-hydroxylation sites is 2. The van der Waals surface area contributed by atoms with E-state index in [9.17, 15) is 0 Å². The molecule has 2 heteroatoms. The first kappa shape index (κ1) is 40.1. The average molecular weight is 892 g/mol. The molecule has 0 N–H and O–H groups in total. The van der Waals surface area contributed by atoms with Crippen LogP contribution < -0.4 is 9.64 Å². The fraction of sp³-hybridized carbons (Fsp3) is 0.0294. The summed E-state index contributed by atoms with van der Waals surface area (Å²) < 4.78 is 6.67. The number of benzene rings is 11. The molecule has 0 aromatic heterocycles. The monoisotopic (exact) mass is 891 g/mol. The molecule has 1 spiro atoms. The molecule has 14 rings (SSSR count). The van der Waals surface area contributed by atoms with Gasteiger partial charge >= 0.3 is 0 Å². The maximum atomic E-state index is 6.67. The molecule has 0 unspecified atom stereocenters. The number of rotatable bonds is 7. The van der Waals surface area contributed by atoms with Gasteiger partial charge in [0.05, 0.1) is 10.8 Å². The highest BCUT2D eigenvalue weighted by Gasteiger charge is 2.51. The second-order valence-electron chi connectivity index (χ2n) is 18.7. The summed E-state index contributed by atoms with van der Waals surface area (Å²) in [5, 5.41) is 0. The number of anilines is 3. The minimum atomic E-state index is -0.607. The number of hydrogen-bond acceptors (Lipinski definition) is 2. The van der Waals surface area contributed by atoms with Crippen molar-refractivity contribution in [3.8, 4) is 56.0 Å². The third kappa shape index (κ3) is 5.80. The van der Waals surface area contributed by atoms with Gasteiger partial charge in [-0.1, -0.05) is 218 Å². The molecule has 0 bridgehead atoms. The Hall–Kier alpha value is -8.98. The minimum absolute atomic E-state index is 0.555. The largest absolute Gasteiger partial charge is 0.457 e. The molecular weight excluding hydrogens is 847 g/mol. The van der Waals surface area contributed by atoms with Gasteiger partial charge in [0.15, 0.2) is 0 Å². The molecule has 0 atom stereocenters. The summed E-state index contributed by atoms with van der Waals surface area (Å²) in [7, 11) is 0. The minimum Gasteiger partial charge on any atom is -0.457 e. The van der Waals surface area contributed by atoms with Gasteiger partial charge in [-0.15, -0.1) is 0 Å². The fourth-order valence-electron chi connectivity index (χ4n) is 12.3. The van der Waals surface area contributed by atoms with Gasteiger partial charge in [0, 0.05) is 28.2 Å². The summed E-state index contributed by atoms with van der Waals surface area (Å²) in [4.78, 5) is 2.47. The van der Waals surface area contributed by atoms with Crippen LogP contribution in [0.25, 0.3) is 44.5 Å². The quantitative estimate of drug-likeness (QED) is 0.158. The summed E-state index contributed by atoms with van der Waals surface area (Å²) in [5.74, 6) is 1.78. The molecule has 11 aromatic carbocycles. The zero-order valence-corrected chi connectivity index (χ0v) is 38.3. The van der Waals surface area contributed by atoms with Gasteiger partial charge in [0.1, 0.15) is 11.5 Å². The van der Waals surface area contributed by atoms with E-state index in [1.54, 1.807) is 0 Å². The van der Waals surface area contributed by atoms with Gasteiger partial charge < -0.3 is 9.64 Å². The maximum absolute atomic E-state index is 6.67. The van der Waals surface area contributed by atoms with E-state index in [0.29, 0.717) is 0 Å². The lowest BCUT2D eigenvalue weighted by Gasteiger charge is -2.39. The van der Waals surface area contributed by atoms with Crippen molar-refractivity contribution in [2.45, 2.75) is 10.8 Å². The zero-order valence-electron chi connectivity index (χ0n) is 38.3. The van der Waals surface area contributed by atoms with Gasteiger partial charge in [0.25, 0.3) is 0 Å². The normalized spacial score (nSPS) is 13.8. The van der Waals surface area contributed by atoms with Crippen LogP contribution in [0.15, 0.2) is 273 Å². The Bertz CT molecular complexity index is 3700. The van der Waals surface area contributed by atoms with Gasteiger partial charge in [-0.3, -0.25) is 0 Å². The van der Waals surface area contributed by atoms with Crippen molar-refractivity contribution in [2.24, 2.45) is 0 Å². The molecule has 0 radical (unpaired) electrons. The van der Waals surface area contributed by atoms with E-state index >= 15 is 0 Å². The van der Waals surface area contributed by atoms with E-state index < -0.39 is 10.8 Å². The highest BCUT2D eigenvalue weighted by atomic mass is 16.5. The van der Waals surface area contributed by atoms with Crippen LogP contribution in [0, 0.1) is 0 Å². The Kier molecular flexibility index (Phi) is 9.06. The first-order valence-electron chi connectivity index (χ1n) is 24.2. The van der Waals surface area contributed by atoms with Crippen molar-refractivity contribution in [3.05, 3.63) is 317 Å².